The lowest BCUT2D eigenvalue weighted by Crippen LogP contribution is -2.37. The highest BCUT2D eigenvalue weighted by molar-refractivity contribution is 6.18. The van der Waals surface area contributed by atoms with Crippen LogP contribution in [0.3, 0.4) is 0 Å². The minimum Gasteiger partial charge on any atom is -0.342 e. The van der Waals surface area contributed by atoms with Crippen LogP contribution in [-0.4, -0.2) is 29.8 Å². The zero-order valence-corrected chi connectivity index (χ0v) is 9.56. The quantitative estimate of drug-likeness (QED) is 0.644. The predicted molar refractivity (Wildman–Crippen MR) is 54.8 cm³/mol. The smallest absolute Gasteiger partial charge is 0.226 e. The summed E-state index contributed by atoms with van der Waals surface area (Å²) in [4.78, 5) is 13.6. The molecular weight excluding hydrogens is 186 g/mol. The van der Waals surface area contributed by atoms with Gasteiger partial charge in [-0.2, -0.15) is 0 Å². The maximum atomic E-state index is 11.8. The lowest BCUT2D eigenvalue weighted by molar-refractivity contribution is -0.133. The van der Waals surface area contributed by atoms with Gasteiger partial charge < -0.3 is 4.90 Å². The summed E-state index contributed by atoms with van der Waals surface area (Å²) in [5, 5.41) is 0. The predicted octanol–water partition coefficient (Wildman–Crippen LogP) is 2.12. The van der Waals surface area contributed by atoms with Gasteiger partial charge in [-0.3, -0.25) is 4.79 Å². The first-order valence-corrected chi connectivity index (χ1v) is 5.26. The van der Waals surface area contributed by atoms with Crippen LogP contribution in [-0.2, 0) is 4.79 Å². The fourth-order valence-electron chi connectivity index (χ4n) is 1.46. The second-order valence-electron chi connectivity index (χ2n) is 4.70. The third-order valence-corrected chi connectivity index (χ3v) is 3.49. The molecule has 0 saturated heterocycles. The fraction of sp³-hybridized carbons (Fsp3) is 0.900. The number of halogens is 1. The van der Waals surface area contributed by atoms with E-state index in [9.17, 15) is 4.79 Å². The number of nitrogens with zero attached hydrogens (tertiary/aromatic N) is 1. The molecule has 0 N–H and O–H groups in total. The Bertz CT molecular complexity index is 215. The molecule has 0 aromatic heterocycles. The standard InChI is InChI=1S/C10H18ClNO/c1-7(6-11)12(4)9(13)8-5-10(8,2)3/h7-8H,5-6H2,1-4H3. The number of hydrogen-bond acceptors (Lipinski definition) is 1. The number of hydrogen-bond donors (Lipinski definition) is 0. The number of carbonyl (C=O) groups excluding carboxylic acids is 1. The van der Waals surface area contributed by atoms with Crippen molar-refractivity contribution in [3.8, 4) is 0 Å². The van der Waals surface area contributed by atoms with Crippen molar-refractivity contribution in [3.63, 3.8) is 0 Å². The number of alkyl halides is 1. The van der Waals surface area contributed by atoms with Crippen LogP contribution in [0.25, 0.3) is 0 Å². The Morgan fingerprint density at radius 1 is 1.69 bits per heavy atom. The Labute approximate surface area is 85.2 Å². The van der Waals surface area contributed by atoms with Crippen LogP contribution in [0.4, 0.5) is 0 Å². The molecule has 1 rings (SSSR count). The summed E-state index contributed by atoms with van der Waals surface area (Å²) >= 11 is 5.69. The maximum Gasteiger partial charge on any atom is 0.226 e. The molecular formula is C10H18ClNO. The lowest BCUT2D eigenvalue weighted by Gasteiger charge is -2.23. The van der Waals surface area contributed by atoms with Crippen molar-refractivity contribution in [2.75, 3.05) is 12.9 Å². The van der Waals surface area contributed by atoms with Gasteiger partial charge in [0.05, 0.1) is 0 Å². The van der Waals surface area contributed by atoms with Crippen molar-refractivity contribution in [1.82, 2.24) is 4.90 Å². The van der Waals surface area contributed by atoms with Gasteiger partial charge in [-0.1, -0.05) is 13.8 Å². The summed E-state index contributed by atoms with van der Waals surface area (Å²) in [6.45, 7) is 6.24. The van der Waals surface area contributed by atoms with E-state index in [1.165, 1.54) is 0 Å². The van der Waals surface area contributed by atoms with Crippen molar-refractivity contribution >= 4 is 17.5 Å². The molecule has 0 aliphatic heterocycles. The highest BCUT2D eigenvalue weighted by atomic mass is 35.5. The minimum atomic E-state index is 0.144. The van der Waals surface area contributed by atoms with Gasteiger partial charge in [0.2, 0.25) is 5.91 Å². The van der Waals surface area contributed by atoms with Gasteiger partial charge in [-0.05, 0) is 18.8 Å². The van der Waals surface area contributed by atoms with Crippen LogP contribution in [0.2, 0.25) is 0 Å². The zero-order valence-electron chi connectivity index (χ0n) is 8.80. The molecule has 0 heterocycles. The maximum absolute atomic E-state index is 11.8. The molecule has 0 radical (unpaired) electrons. The van der Waals surface area contributed by atoms with Crippen molar-refractivity contribution in [2.24, 2.45) is 11.3 Å². The first-order chi connectivity index (χ1) is 5.90. The van der Waals surface area contributed by atoms with E-state index in [0.717, 1.165) is 6.42 Å². The third kappa shape index (κ3) is 2.16. The highest BCUT2D eigenvalue weighted by Crippen LogP contribution is 2.52. The number of rotatable bonds is 3. The summed E-state index contributed by atoms with van der Waals surface area (Å²) in [7, 11) is 1.84. The molecule has 1 amide bonds. The van der Waals surface area contributed by atoms with Gasteiger partial charge in [0.25, 0.3) is 0 Å². The van der Waals surface area contributed by atoms with E-state index < -0.39 is 0 Å². The normalized spacial score (nSPS) is 26.7. The SMILES string of the molecule is CC(CCl)N(C)C(=O)C1CC1(C)C. The van der Waals surface area contributed by atoms with E-state index in [1.807, 2.05) is 14.0 Å². The molecule has 1 aliphatic carbocycles. The van der Waals surface area contributed by atoms with Gasteiger partial charge in [0.15, 0.2) is 0 Å². The molecule has 0 spiro atoms. The third-order valence-electron chi connectivity index (χ3n) is 3.04. The van der Waals surface area contributed by atoms with Crippen LogP contribution in [0.15, 0.2) is 0 Å². The summed E-state index contributed by atoms with van der Waals surface area (Å²) in [6.07, 6.45) is 1.02. The van der Waals surface area contributed by atoms with Crippen molar-refractivity contribution < 1.29 is 4.79 Å². The topological polar surface area (TPSA) is 20.3 Å². The van der Waals surface area contributed by atoms with E-state index in [2.05, 4.69) is 13.8 Å². The summed E-state index contributed by atoms with van der Waals surface area (Å²) in [5.41, 5.74) is 0.220. The summed E-state index contributed by atoms with van der Waals surface area (Å²) in [6, 6.07) is 0.144. The van der Waals surface area contributed by atoms with Crippen LogP contribution >= 0.6 is 11.6 Å². The molecule has 0 aromatic carbocycles. The molecule has 0 bridgehead atoms. The molecule has 1 fully saturated rings. The molecule has 2 unspecified atom stereocenters. The summed E-state index contributed by atoms with van der Waals surface area (Å²) < 4.78 is 0. The van der Waals surface area contributed by atoms with E-state index in [4.69, 9.17) is 11.6 Å². The van der Waals surface area contributed by atoms with Crippen LogP contribution in [0.1, 0.15) is 27.2 Å². The average molecular weight is 204 g/mol. The van der Waals surface area contributed by atoms with E-state index in [1.54, 1.807) is 4.90 Å². The first kappa shape index (κ1) is 10.8. The largest absolute Gasteiger partial charge is 0.342 e. The van der Waals surface area contributed by atoms with Gasteiger partial charge in [-0.15, -0.1) is 11.6 Å². The second kappa shape index (κ2) is 3.49. The molecule has 76 valence electrons. The van der Waals surface area contributed by atoms with Crippen LogP contribution < -0.4 is 0 Å². The Morgan fingerprint density at radius 2 is 2.15 bits per heavy atom. The molecule has 1 saturated carbocycles. The minimum absolute atomic E-state index is 0.144. The average Bonchev–Trinajstić information content (AvgIpc) is 2.71. The lowest BCUT2D eigenvalue weighted by atomic mass is 10.1. The number of carbonyl (C=O) groups is 1. The van der Waals surface area contributed by atoms with Crippen LogP contribution in [0.5, 0.6) is 0 Å². The zero-order chi connectivity index (χ0) is 10.2. The van der Waals surface area contributed by atoms with E-state index in [-0.39, 0.29) is 23.3 Å². The van der Waals surface area contributed by atoms with Gasteiger partial charge >= 0.3 is 0 Å². The molecule has 2 nitrogen and oxygen atoms in total. The Morgan fingerprint density at radius 3 is 2.46 bits per heavy atom. The Hall–Kier alpha value is -0.240. The Balaban J connectivity index is 2.50. The molecule has 3 heteroatoms. The van der Waals surface area contributed by atoms with Gasteiger partial charge in [-0.25, -0.2) is 0 Å². The van der Waals surface area contributed by atoms with E-state index in [0.29, 0.717) is 5.88 Å². The van der Waals surface area contributed by atoms with Gasteiger partial charge in [0, 0.05) is 24.9 Å². The highest BCUT2D eigenvalue weighted by Gasteiger charge is 2.51. The fourth-order valence-corrected chi connectivity index (χ4v) is 1.66. The summed E-state index contributed by atoms with van der Waals surface area (Å²) in [5.74, 6) is 0.983. The van der Waals surface area contributed by atoms with Crippen LogP contribution in [0, 0.1) is 11.3 Å². The number of amides is 1. The van der Waals surface area contributed by atoms with Gasteiger partial charge in [0.1, 0.15) is 0 Å². The van der Waals surface area contributed by atoms with Crippen molar-refractivity contribution in [1.29, 1.82) is 0 Å². The second-order valence-corrected chi connectivity index (χ2v) is 5.01. The van der Waals surface area contributed by atoms with Crippen molar-refractivity contribution in [3.05, 3.63) is 0 Å². The molecule has 0 aromatic rings. The molecule has 2 atom stereocenters. The monoisotopic (exact) mass is 203 g/mol. The molecule has 1 aliphatic rings. The first-order valence-electron chi connectivity index (χ1n) is 4.73. The van der Waals surface area contributed by atoms with Crippen molar-refractivity contribution in [2.45, 2.75) is 33.2 Å². The van der Waals surface area contributed by atoms with E-state index >= 15 is 0 Å². The Kier molecular flexibility index (Phi) is 2.91. The molecule has 13 heavy (non-hydrogen) atoms.